The second kappa shape index (κ2) is 7.02. The first-order valence-corrected chi connectivity index (χ1v) is 8.54. The first-order chi connectivity index (χ1) is 11.1. The summed E-state index contributed by atoms with van der Waals surface area (Å²) < 4.78 is 14.1. The molecular weight excluding hydrogens is 379 g/mol. The number of carbonyl (C=O) groups is 1. The van der Waals surface area contributed by atoms with Gasteiger partial charge in [0.25, 0.3) is 0 Å². The second-order valence-corrected chi connectivity index (χ2v) is 6.57. The van der Waals surface area contributed by atoms with Crippen LogP contribution in [0.25, 0.3) is 10.6 Å². The molecule has 0 radical (unpaired) electrons. The van der Waals surface area contributed by atoms with Crippen molar-refractivity contribution in [1.29, 1.82) is 0 Å². The van der Waals surface area contributed by atoms with Crippen molar-refractivity contribution in [2.24, 2.45) is 0 Å². The number of hydrogen-bond acceptors (Lipinski definition) is 3. The minimum Gasteiger partial charge on any atom is -0.325 e. The van der Waals surface area contributed by atoms with E-state index >= 15 is 0 Å². The molecule has 3 aromatic rings. The van der Waals surface area contributed by atoms with E-state index < -0.39 is 0 Å². The molecule has 0 atom stereocenters. The fraction of sp³-hybridized carbons (Fsp3) is 0.0588. The summed E-state index contributed by atoms with van der Waals surface area (Å²) in [5.74, 6) is -0.445. The minimum atomic E-state index is -0.300. The van der Waals surface area contributed by atoms with E-state index in [1.165, 1.54) is 23.5 Å². The zero-order valence-electron chi connectivity index (χ0n) is 11.9. The van der Waals surface area contributed by atoms with Gasteiger partial charge in [0.15, 0.2) is 0 Å². The lowest BCUT2D eigenvalue weighted by Crippen LogP contribution is -2.14. The molecule has 0 unspecified atom stereocenters. The number of aromatic nitrogens is 1. The van der Waals surface area contributed by atoms with Crippen LogP contribution in [0.4, 0.5) is 10.1 Å². The largest absolute Gasteiger partial charge is 0.325 e. The number of halogens is 2. The quantitative estimate of drug-likeness (QED) is 0.688. The number of nitrogens with one attached hydrogen (secondary N) is 1. The van der Waals surface area contributed by atoms with E-state index in [0.29, 0.717) is 16.3 Å². The van der Waals surface area contributed by atoms with E-state index in [9.17, 15) is 9.18 Å². The lowest BCUT2D eigenvalue weighted by atomic mass is 10.2. The molecule has 2 aromatic carbocycles. The fourth-order valence-corrected chi connectivity index (χ4v) is 3.26. The Balaban J connectivity index is 1.69. The molecule has 0 spiro atoms. The van der Waals surface area contributed by atoms with Gasteiger partial charge in [-0.05, 0) is 40.2 Å². The molecule has 0 bridgehead atoms. The average Bonchev–Trinajstić information content (AvgIpc) is 2.98. The van der Waals surface area contributed by atoms with Crippen molar-refractivity contribution in [2.75, 3.05) is 5.32 Å². The van der Waals surface area contributed by atoms with Crippen molar-refractivity contribution in [2.45, 2.75) is 6.42 Å². The summed E-state index contributed by atoms with van der Waals surface area (Å²) in [6.07, 6.45) is 0.174. The highest BCUT2D eigenvalue weighted by Crippen LogP contribution is 2.25. The van der Waals surface area contributed by atoms with Gasteiger partial charge in [-0.15, -0.1) is 11.3 Å². The SMILES string of the molecule is O=C(Cc1csc(-c2cccc(F)c2)n1)Nc1ccccc1Br. The van der Waals surface area contributed by atoms with Crippen LogP contribution in [0.3, 0.4) is 0 Å². The Labute approximate surface area is 145 Å². The zero-order chi connectivity index (χ0) is 16.2. The molecular formula is C17H12BrFN2OS. The van der Waals surface area contributed by atoms with E-state index in [2.05, 4.69) is 26.2 Å². The van der Waals surface area contributed by atoms with E-state index in [0.717, 1.165) is 10.2 Å². The third-order valence-corrected chi connectivity index (χ3v) is 4.74. The Morgan fingerprint density at radius 3 is 2.83 bits per heavy atom. The monoisotopic (exact) mass is 390 g/mol. The summed E-state index contributed by atoms with van der Waals surface area (Å²) in [7, 11) is 0. The highest BCUT2D eigenvalue weighted by molar-refractivity contribution is 9.10. The maximum atomic E-state index is 13.3. The number of thiazole rings is 1. The number of hydrogen-bond donors (Lipinski definition) is 1. The van der Waals surface area contributed by atoms with Crippen molar-refractivity contribution in [3.05, 3.63) is 69.9 Å². The fourth-order valence-electron chi connectivity index (χ4n) is 2.06. The lowest BCUT2D eigenvalue weighted by molar-refractivity contribution is -0.115. The van der Waals surface area contributed by atoms with Crippen LogP contribution in [-0.4, -0.2) is 10.9 Å². The highest BCUT2D eigenvalue weighted by atomic mass is 79.9. The van der Waals surface area contributed by atoms with E-state index in [1.807, 2.05) is 29.6 Å². The molecule has 0 aliphatic carbocycles. The number of carbonyl (C=O) groups excluding carboxylic acids is 1. The average molecular weight is 391 g/mol. The van der Waals surface area contributed by atoms with Crippen molar-refractivity contribution < 1.29 is 9.18 Å². The molecule has 1 heterocycles. The van der Waals surface area contributed by atoms with Gasteiger partial charge in [-0.3, -0.25) is 4.79 Å². The van der Waals surface area contributed by atoms with Crippen LogP contribution in [0.2, 0.25) is 0 Å². The van der Waals surface area contributed by atoms with Crippen molar-refractivity contribution in [3.8, 4) is 10.6 Å². The topological polar surface area (TPSA) is 42.0 Å². The summed E-state index contributed by atoms with van der Waals surface area (Å²) in [6, 6.07) is 13.7. The molecule has 23 heavy (non-hydrogen) atoms. The summed E-state index contributed by atoms with van der Waals surface area (Å²) in [4.78, 5) is 16.5. The molecule has 0 aliphatic heterocycles. The number of benzene rings is 2. The van der Waals surface area contributed by atoms with Crippen LogP contribution in [-0.2, 0) is 11.2 Å². The van der Waals surface area contributed by atoms with Crippen LogP contribution < -0.4 is 5.32 Å². The Hall–Kier alpha value is -2.05. The molecule has 3 nitrogen and oxygen atoms in total. The van der Waals surface area contributed by atoms with Crippen LogP contribution in [0, 0.1) is 5.82 Å². The molecule has 0 aliphatic rings. The molecule has 0 saturated carbocycles. The van der Waals surface area contributed by atoms with Gasteiger partial charge in [0.05, 0.1) is 17.8 Å². The lowest BCUT2D eigenvalue weighted by Gasteiger charge is -2.05. The van der Waals surface area contributed by atoms with Crippen molar-refractivity contribution in [3.63, 3.8) is 0 Å². The van der Waals surface area contributed by atoms with Gasteiger partial charge < -0.3 is 5.32 Å². The van der Waals surface area contributed by atoms with Crippen LogP contribution in [0.15, 0.2) is 58.4 Å². The van der Waals surface area contributed by atoms with E-state index in [-0.39, 0.29) is 18.1 Å². The van der Waals surface area contributed by atoms with E-state index in [4.69, 9.17) is 0 Å². The Kier molecular flexibility index (Phi) is 4.83. The van der Waals surface area contributed by atoms with Gasteiger partial charge in [-0.25, -0.2) is 9.37 Å². The molecule has 116 valence electrons. The minimum absolute atomic E-state index is 0.145. The first kappa shape index (κ1) is 15.8. The standard InChI is InChI=1S/C17H12BrFN2OS/c18-14-6-1-2-7-15(14)21-16(22)9-13-10-23-17(20-13)11-4-3-5-12(19)8-11/h1-8,10H,9H2,(H,21,22). The number of nitrogens with zero attached hydrogens (tertiary/aromatic N) is 1. The van der Waals surface area contributed by atoms with Crippen LogP contribution in [0.5, 0.6) is 0 Å². The van der Waals surface area contributed by atoms with E-state index in [1.54, 1.807) is 12.1 Å². The second-order valence-electron chi connectivity index (χ2n) is 4.86. The molecule has 0 saturated heterocycles. The summed E-state index contributed by atoms with van der Waals surface area (Å²) in [5.41, 5.74) is 2.10. The molecule has 0 fully saturated rings. The number of amides is 1. The molecule has 1 amide bonds. The Bertz CT molecular complexity index is 850. The third kappa shape index (κ3) is 4.03. The smallest absolute Gasteiger partial charge is 0.230 e. The number of para-hydroxylation sites is 1. The molecule has 3 rings (SSSR count). The first-order valence-electron chi connectivity index (χ1n) is 6.86. The van der Waals surface area contributed by atoms with Gasteiger partial charge in [0.2, 0.25) is 5.91 Å². The third-order valence-electron chi connectivity index (χ3n) is 3.11. The predicted octanol–water partition coefficient (Wildman–Crippen LogP) is 4.89. The Morgan fingerprint density at radius 2 is 2.04 bits per heavy atom. The van der Waals surface area contributed by atoms with Crippen molar-refractivity contribution >= 4 is 38.9 Å². The number of rotatable bonds is 4. The molecule has 1 N–H and O–H groups in total. The molecule has 6 heteroatoms. The van der Waals surface area contributed by atoms with Gasteiger partial charge in [0.1, 0.15) is 10.8 Å². The highest BCUT2D eigenvalue weighted by Gasteiger charge is 2.10. The van der Waals surface area contributed by atoms with Gasteiger partial charge in [-0.1, -0.05) is 24.3 Å². The Morgan fingerprint density at radius 1 is 1.22 bits per heavy atom. The zero-order valence-corrected chi connectivity index (χ0v) is 14.3. The predicted molar refractivity (Wildman–Crippen MR) is 94.0 cm³/mol. The summed E-state index contributed by atoms with van der Waals surface area (Å²) >= 11 is 4.78. The number of anilines is 1. The van der Waals surface area contributed by atoms with Crippen LogP contribution in [0.1, 0.15) is 5.69 Å². The molecule has 1 aromatic heterocycles. The maximum absolute atomic E-state index is 13.3. The van der Waals surface area contributed by atoms with Gasteiger partial charge in [-0.2, -0.15) is 0 Å². The van der Waals surface area contributed by atoms with Crippen LogP contribution >= 0.6 is 27.3 Å². The van der Waals surface area contributed by atoms with Gasteiger partial charge >= 0.3 is 0 Å². The normalized spacial score (nSPS) is 10.5. The summed E-state index contributed by atoms with van der Waals surface area (Å²) in [5, 5.41) is 5.36. The maximum Gasteiger partial charge on any atom is 0.230 e. The van der Waals surface area contributed by atoms with Gasteiger partial charge in [0, 0.05) is 15.4 Å². The van der Waals surface area contributed by atoms with Crippen molar-refractivity contribution in [1.82, 2.24) is 4.98 Å². The summed E-state index contributed by atoms with van der Waals surface area (Å²) in [6.45, 7) is 0.